The Labute approximate surface area is 131 Å². The summed E-state index contributed by atoms with van der Waals surface area (Å²) in [6, 6.07) is 6.65. The molecule has 0 spiro atoms. The number of fused-ring (bicyclic) bond motifs is 2. The minimum Gasteiger partial charge on any atom is -0.295 e. The van der Waals surface area contributed by atoms with E-state index in [4.69, 9.17) is 0 Å². The Morgan fingerprint density at radius 3 is 2.45 bits per heavy atom. The van der Waals surface area contributed by atoms with Crippen LogP contribution in [0, 0.1) is 6.92 Å². The summed E-state index contributed by atoms with van der Waals surface area (Å²) in [5, 5.41) is 0. The number of hydrogen-bond donors (Lipinski definition) is 0. The summed E-state index contributed by atoms with van der Waals surface area (Å²) in [6.07, 6.45) is 5.07. The standard InChI is InChI=1S/C17H21NO3S/c1-12-6-9-15(10-7-12)22(20,21)18-14-4-3-5-16(13(2)19)17(18)11-8-14/h5-7,9-10,14,17H,3-4,8,11H2,1-2H3. The summed E-state index contributed by atoms with van der Waals surface area (Å²) < 4.78 is 27.7. The minimum atomic E-state index is -3.56. The van der Waals surface area contributed by atoms with Gasteiger partial charge in [-0.2, -0.15) is 4.31 Å². The molecule has 0 radical (unpaired) electrons. The van der Waals surface area contributed by atoms with Gasteiger partial charge in [0.05, 0.1) is 10.9 Å². The molecule has 2 atom stereocenters. The summed E-state index contributed by atoms with van der Waals surface area (Å²) in [6.45, 7) is 3.46. The van der Waals surface area contributed by atoms with E-state index in [1.165, 1.54) is 6.92 Å². The molecule has 1 saturated heterocycles. The summed E-state index contributed by atoms with van der Waals surface area (Å²) >= 11 is 0. The molecule has 2 aliphatic rings. The van der Waals surface area contributed by atoms with E-state index in [2.05, 4.69) is 0 Å². The van der Waals surface area contributed by atoms with E-state index in [0.717, 1.165) is 31.2 Å². The van der Waals surface area contributed by atoms with Crippen LogP contribution < -0.4 is 0 Å². The van der Waals surface area contributed by atoms with Gasteiger partial charge in [0.25, 0.3) is 0 Å². The number of sulfonamides is 1. The van der Waals surface area contributed by atoms with Crippen molar-refractivity contribution in [1.29, 1.82) is 0 Å². The molecular formula is C17H21NO3S. The number of benzene rings is 1. The molecule has 1 fully saturated rings. The van der Waals surface area contributed by atoms with Crippen LogP contribution in [0.25, 0.3) is 0 Å². The maximum atomic E-state index is 13.1. The van der Waals surface area contributed by atoms with Crippen LogP contribution in [0.2, 0.25) is 0 Å². The Bertz CT molecular complexity index is 719. The third-order valence-electron chi connectivity index (χ3n) is 4.67. The van der Waals surface area contributed by atoms with E-state index in [0.29, 0.717) is 10.5 Å². The average Bonchev–Trinajstić information content (AvgIpc) is 2.75. The molecule has 0 amide bonds. The lowest BCUT2D eigenvalue weighted by Gasteiger charge is -2.28. The molecule has 0 aliphatic carbocycles. The number of Topliss-reactive ketones (excluding diaryl/α,β-unsaturated/α-hetero) is 1. The van der Waals surface area contributed by atoms with Gasteiger partial charge >= 0.3 is 0 Å². The van der Waals surface area contributed by atoms with Crippen LogP contribution in [0.5, 0.6) is 0 Å². The lowest BCUT2D eigenvalue weighted by Crippen LogP contribution is -2.42. The maximum absolute atomic E-state index is 13.1. The van der Waals surface area contributed by atoms with Gasteiger partial charge in [-0.25, -0.2) is 8.42 Å². The van der Waals surface area contributed by atoms with Crippen molar-refractivity contribution < 1.29 is 13.2 Å². The zero-order valence-corrected chi connectivity index (χ0v) is 13.8. The molecule has 5 heteroatoms. The molecule has 1 aromatic rings. The second-order valence-corrected chi connectivity index (χ2v) is 8.03. The SMILES string of the molecule is CC(=O)C1=CCCC2CCC1N2S(=O)(=O)c1ccc(C)cc1. The highest BCUT2D eigenvalue weighted by Gasteiger charge is 2.45. The van der Waals surface area contributed by atoms with E-state index in [1.807, 2.05) is 25.1 Å². The van der Waals surface area contributed by atoms with Gasteiger partial charge < -0.3 is 0 Å². The van der Waals surface area contributed by atoms with Gasteiger partial charge in [-0.15, -0.1) is 0 Å². The molecule has 1 aromatic carbocycles. The monoisotopic (exact) mass is 319 g/mol. The summed E-state index contributed by atoms with van der Waals surface area (Å²) in [4.78, 5) is 12.2. The molecule has 2 aliphatic heterocycles. The fourth-order valence-electron chi connectivity index (χ4n) is 3.56. The topological polar surface area (TPSA) is 54.5 Å². The first-order chi connectivity index (χ1) is 10.4. The molecule has 4 nitrogen and oxygen atoms in total. The van der Waals surface area contributed by atoms with E-state index >= 15 is 0 Å². The van der Waals surface area contributed by atoms with Crippen molar-refractivity contribution in [3.63, 3.8) is 0 Å². The van der Waals surface area contributed by atoms with E-state index in [-0.39, 0.29) is 17.9 Å². The Hall–Kier alpha value is -1.46. The van der Waals surface area contributed by atoms with Crippen LogP contribution in [0.1, 0.15) is 38.2 Å². The predicted molar refractivity (Wildman–Crippen MR) is 85.0 cm³/mol. The Kier molecular flexibility index (Phi) is 3.95. The fourth-order valence-corrected chi connectivity index (χ4v) is 5.45. The summed E-state index contributed by atoms with van der Waals surface area (Å²) in [5.41, 5.74) is 1.69. The zero-order valence-electron chi connectivity index (χ0n) is 13.0. The predicted octanol–water partition coefficient (Wildman–Crippen LogP) is 2.83. The molecule has 118 valence electrons. The quantitative estimate of drug-likeness (QED) is 0.861. The third kappa shape index (κ3) is 2.52. The number of ketones is 1. The highest BCUT2D eigenvalue weighted by atomic mass is 32.2. The van der Waals surface area contributed by atoms with Crippen molar-refractivity contribution in [2.45, 2.75) is 56.5 Å². The first-order valence-corrected chi connectivity index (χ1v) is 9.16. The number of hydrogen-bond acceptors (Lipinski definition) is 3. The van der Waals surface area contributed by atoms with Crippen molar-refractivity contribution in [2.24, 2.45) is 0 Å². The Morgan fingerprint density at radius 2 is 1.82 bits per heavy atom. The first kappa shape index (κ1) is 15.4. The van der Waals surface area contributed by atoms with Crippen LogP contribution in [-0.4, -0.2) is 30.6 Å². The Balaban J connectivity index is 2.04. The van der Waals surface area contributed by atoms with Crippen LogP contribution in [0.15, 0.2) is 40.8 Å². The molecule has 2 bridgehead atoms. The highest BCUT2D eigenvalue weighted by Crippen LogP contribution is 2.39. The molecule has 22 heavy (non-hydrogen) atoms. The van der Waals surface area contributed by atoms with E-state index in [1.54, 1.807) is 16.4 Å². The second-order valence-electron chi connectivity index (χ2n) is 6.19. The van der Waals surface area contributed by atoms with Gasteiger partial charge in [0, 0.05) is 11.6 Å². The molecule has 0 aromatic heterocycles. The van der Waals surface area contributed by atoms with Crippen molar-refractivity contribution in [3.8, 4) is 0 Å². The second kappa shape index (κ2) is 5.63. The molecule has 3 rings (SSSR count). The van der Waals surface area contributed by atoms with Gasteiger partial charge in [0.2, 0.25) is 10.0 Å². The van der Waals surface area contributed by atoms with Gasteiger partial charge in [-0.1, -0.05) is 23.8 Å². The summed E-state index contributed by atoms with van der Waals surface area (Å²) in [5.74, 6) is -0.0170. The van der Waals surface area contributed by atoms with E-state index < -0.39 is 10.0 Å². The number of nitrogens with zero attached hydrogens (tertiary/aromatic N) is 1. The van der Waals surface area contributed by atoms with Crippen LogP contribution in [0.3, 0.4) is 0 Å². The smallest absolute Gasteiger partial charge is 0.243 e. The van der Waals surface area contributed by atoms with Crippen molar-refractivity contribution in [1.82, 2.24) is 4.31 Å². The fraction of sp³-hybridized carbons (Fsp3) is 0.471. The van der Waals surface area contributed by atoms with Gasteiger partial charge in [-0.05, 0) is 51.7 Å². The highest BCUT2D eigenvalue weighted by molar-refractivity contribution is 7.89. The number of allylic oxidation sites excluding steroid dienone is 1. The van der Waals surface area contributed by atoms with Gasteiger partial charge in [-0.3, -0.25) is 4.79 Å². The van der Waals surface area contributed by atoms with Crippen LogP contribution >= 0.6 is 0 Å². The Morgan fingerprint density at radius 1 is 1.14 bits per heavy atom. The average molecular weight is 319 g/mol. The summed E-state index contributed by atoms with van der Waals surface area (Å²) in [7, 11) is -3.56. The van der Waals surface area contributed by atoms with Crippen LogP contribution in [-0.2, 0) is 14.8 Å². The number of carbonyl (C=O) groups is 1. The minimum absolute atomic E-state index is 0.00408. The zero-order chi connectivity index (χ0) is 15.9. The van der Waals surface area contributed by atoms with Crippen molar-refractivity contribution >= 4 is 15.8 Å². The van der Waals surface area contributed by atoms with Crippen molar-refractivity contribution in [2.75, 3.05) is 0 Å². The van der Waals surface area contributed by atoms with Crippen LogP contribution in [0.4, 0.5) is 0 Å². The normalized spacial score (nSPS) is 25.6. The molecular weight excluding hydrogens is 298 g/mol. The third-order valence-corrected chi connectivity index (χ3v) is 6.64. The maximum Gasteiger partial charge on any atom is 0.243 e. The van der Waals surface area contributed by atoms with Gasteiger partial charge in [0.1, 0.15) is 0 Å². The number of aryl methyl sites for hydroxylation is 1. The lowest BCUT2D eigenvalue weighted by atomic mass is 9.98. The van der Waals surface area contributed by atoms with Gasteiger partial charge in [0.15, 0.2) is 5.78 Å². The lowest BCUT2D eigenvalue weighted by molar-refractivity contribution is -0.114. The molecule has 2 heterocycles. The molecule has 0 saturated carbocycles. The number of rotatable bonds is 3. The molecule has 2 unspecified atom stereocenters. The largest absolute Gasteiger partial charge is 0.295 e. The number of carbonyl (C=O) groups excluding carboxylic acids is 1. The molecule has 0 N–H and O–H groups in total. The van der Waals surface area contributed by atoms with E-state index in [9.17, 15) is 13.2 Å². The first-order valence-electron chi connectivity index (χ1n) is 7.72. The van der Waals surface area contributed by atoms with Crippen molar-refractivity contribution in [3.05, 3.63) is 41.5 Å².